The minimum atomic E-state index is 0.234. The number of aromatic nitrogens is 6. The van der Waals surface area contributed by atoms with Crippen LogP contribution in [0.4, 0.5) is 5.69 Å². The Morgan fingerprint density at radius 2 is 1.84 bits per heavy atom. The summed E-state index contributed by atoms with van der Waals surface area (Å²) in [6.45, 7) is 4.11. The van der Waals surface area contributed by atoms with Crippen LogP contribution in [0.5, 0.6) is 5.75 Å². The third kappa shape index (κ3) is 4.29. The second-order valence-corrected chi connectivity index (χ2v) is 9.97. The van der Waals surface area contributed by atoms with E-state index in [1.54, 1.807) is 6.20 Å². The molecule has 0 saturated carbocycles. The van der Waals surface area contributed by atoms with E-state index in [1.165, 1.54) is 19.3 Å². The van der Waals surface area contributed by atoms with Crippen molar-refractivity contribution in [2.45, 2.75) is 38.2 Å². The van der Waals surface area contributed by atoms with Crippen molar-refractivity contribution in [3.63, 3.8) is 0 Å². The van der Waals surface area contributed by atoms with Gasteiger partial charge in [0.25, 0.3) is 0 Å². The van der Waals surface area contributed by atoms with Gasteiger partial charge >= 0.3 is 0 Å². The van der Waals surface area contributed by atoms with Crippen LogP contribution < -0.4 is 15.0 Å². The summed E-state index contributed by atoms with van der Waals surface area (Å²) in [5, 5.41) is 12.2. The van der Waals surface area contributed by atoms with Gasteiger partial charge in [0.1, 0.15) is 23.1 Å². The van der Waals surface area contributed by atoms with Crippen molar-refractivity contribution in [2.75, 3.05) is 31.1 Å². The molecule has 2 aliphatic heterocycles. The lowest BCUT2D eigenvalue weighted by atomic mass is 10.0. The molecule has 0 atom stereocenters. The molecule has 0 radical (unpaired) electrons. The van der Waals surface area contributed by atoms with E-state index in [0.29, 0.717) is 0 Å². The van der Waals surface area contributed by atoms with Crippen LogP contribution in [-0.4, -0.2) is 62.4 Å². The number of hydrogen-bond donors (Lipinski definition) is 3. The zero-order valence-corrected chi connectivity index (χ0v) is 20.7. The highest BCUT2D eigenvalue weighted by molar-refractivity contribution is 5.96. The maximum absolute atomic E-state index is 6.23. The Hall–Kier alpha value is -3.98. The number of piperidine rings is 2. The monoisotopic (exact) mass is 494 g/mol. The molecule has 2 fully saturated rings. The second kappa shape index (κ2) is 9.48. The van der Waals surface area contributed by atoms with Crippen LogP contribution in [0.25, 0.3) is 44.7 Å². The number of benzene rings is 1. The molecule has 37 heavy (non-hydrogen) atoms. The van der Waals surface area contributed by atoms with Gasteiger partial charge in [0, 0.05) is 36.4 Å². The molecule has 3 N–H and O–H groups in total. The zero-order chi connectivity index (χ0) is 24.6. The van der Waals surface area contributed by atoms with E-state index in [1.807, 2.05) is 12.4 Å². The fourth-order valence-corrected chi connectivity index (χ4v) is 5.52. The summed E-state index contributed by atoms with van der Waals surface area (Å²) in [7, 11) is 0. The number of rotatable bonds is 5. The van der Waals surface area contributed by atoms with Crippen LogP contribution >= 0.6 is 0 Å². The molecule has 6 heterocycles. The van der Waals surface area contributed by atoms with Crippen molar-refractivity contribution in [3.8, 4) is 28.4 Å². The van der Waals surface area contributed by atoms with E-state index >= 15 is 0 Å². The first kappa shape index (κ1) is 22.2. The lowest BCUT2D eigenvalue weighted by molar-refractivity contribution is 0.162. The lowest BCUT2D eigenvalue weighted by Gasteiger charge is -2.28. The Balaban J connectivity index is 1.23. The molecule has 5 aromatic rings. The van der Waals surface area contributed by atoms with Gasteiger partial charge in [-0.25, -0.2) is 9.97 Å². The number of nitrogens with one attached hydrogen (secondary N) is 3. The molecule has 0 aliphatic carbocycles. The molecule has 2 aliphatic rings. The molecule has 188 valence electrons. The Morgan fingerprint density at radius 1 is 0.946 bits per heavy atom. The van der Waals surface area contributed by atoms with E-state index in [-0.39, 0.29) is 6.10 Å². The summed E-state index contributed by atoms with van der Waals surface area (Å²) < 4.78 is 6.23. The Morgan fingerprint density at radius 3 is 2.73 bits per heavy atom. The van der Waals surface area contributed by atoms with Gasteiger partial charge in [0.2, 0.25) is 0 Å². The zero-order valence-electron chi connectivity index (χ0n) is 20.7. The van der Waals surface area contributed by atoms with Crippen LogP contribution in [0, 0.1) is 0 Å². The number of imidazole rings is 1. The van der Waals surface area contributed by atoms with Crippen molar-refractivity contribution in [1.82, 2.24) is 35.5 Å². The van der Waals surface area contributed by atoms with Crippen LogP contribution in [0.15, 0.2) is 48.9 Å². The van der Waals surface area contributed by atoms with E-state index in [4.69, 9.17) is 9.72 Å². The predicted molar refractivity (Wildman–Crippen MR) is 145 cm³/mol. The third-order valence-corrected chi connectivity index (χ3v) is 7.48. The third-order valence-electron chi connectivity index (χ3n) is 7.48. The summed E-state index contributed by atoms with van der Waals surface area (Å²) in [4.78, 5) is 19.8. The molecule has 0 bridgehead atoms. The fraction of sp³-hybridized carbons (Fsp3) is 0.357. The highest BCUT2D eigenvalue weighted by Gasteiger charge is 2.20. The minimum absolute atomic E-state index is 0.234. The van der Waals surface area contributed by atoms with Gasteiger partial charge in [0.05, 0.1) is 17.4 Å². The largest absolute Gasteiger partial charge is 0.489 e. The summed E-state index contributed by atoms with van der Waals surface area (Å²) in [6.07, 6.45) is 11.5. The molecule has 0 amide bonds. The summed E-state index contributed by atoms with van der Waals surface area (Å²) in [5.74, 6) is 1.53. The first-order valence-electron chi connectivity index (χ1n) is 13.2. The van der Waals surface area contributed by atoms with Gasteiger partial charge in [-0.05, 0) is 75.0 Å². The standard InChI is InChI=1S/C28H30N8O/c1-2-12-36(13-3-1)24-8-11-31-27-26(24)32-28(33-27)25-22-15-18(4-5-23(22)34-35-25)19-14-21(17-30-16-19)37-20-6-9-29-10-7-20/h4-5,8,11,14-17,20,29H,1-3,6-7,9-10,12-13H2,(H,34,35)(H,31,32,33). The van der Waals surface area contributed by atoms with E-state index < -0.39 is 0 Å². The quantitative estimate of drug-likeness (QED) is 0.325. The number of fused-ring (bicyclic) bond motifs is 2. The predicted octanol–water partition coefficient (Wildman–Crippen LogP) is 4.68. The topological polar surface area (TPSA) is 108 Å². The summed E-state index contributed by atoms with van der Waals surface area (Å²) >= 11 is 0. The number of aromatic amines is 2. The second-order valence-electron chi connectivity index (χ2n) is 9.97. The number of H-pyrrole nitrogens is 2. The molecule has 2 saturated heterocycles. The average Bonchev–Trinajstić information content (AvgIpc) is 3.58. The molecular weight excluding hydrogens is 464 g/mol. The number of ether oxygens (including phenoxy) is 1. The normalized spacial score (nSPS) is 17.0. The average molecular weight is 495 g/mol. The number of anilines is 1. The van der Waals surface area contributed by atoms with Crippen LogP contribution in [0.3, 0.4) is 0 Å². The summed E-state index contributed by atoms with van der Waals surface area (Å²) in [6, 6.07) is 10.4. The van der Waals surface area contributed by atoms with E-state index in [0.717, 1.165) is 95.2 Å². The van der Waals surface area contributed by atoms with Gasteiger partial charge in [-0.15, -0.1) is 0 Å². The van der Waals surface area contributed by atoms with Gasteiger partial charge in [-0.1, -0.05) is 6.07 Å². The van der Waals surface area contributed by atoms with Crippen LogP contribution in [-0.2, 0) is 0 Å². The van der Waals surface area contributed by atoms with Crippen molar-refractivity contribution in [2.24, 2.45) is 0 Å². The maximum Gasteiger partial charge on any atom is 0.161 e. The Kier molecular flexibility index (Phi) is 5.70. The Labute approximate surface area is 214 Å². The number of pyridine rings is 2. The maximum atomic E-state index is 6.23. The molecule has 0 spiro atoms. The first-order chi connectivity index (χ1) is 18.3. The minimum Gasteiger partial charge on any atom is -0.489 e. The van der Waals surface area contributed by atoms with Gasteiger partial charge in [-0.2, -0.15) is 5.10 Å². The molecule has 1 aromatic carbocycles. The molecular formula is C28H30N8O. The van der Waals surface area contributed by atoms with Gasteiger partial charge in [-0.3, -0.25) is 10.1 Å². The highest BCUT2D eigenvalue weighted by atomic mass is 16.5. The van der Waals surface area contributed by atoms with E-state index in [2.05, 4.69) is 65.7 Å². The smallest absolute Gasteiger partial charge is 0.161 e. The first-order valence-corrected chi connectivity index (χ1v) is 13.2. The highest BCUT2D eigenvalue weighted by Crippen LogP contribution is 2.33. The lowest BCUT2D eigenvalue weighted by Crippen LogP contribution is -2.34. The molecule has 0 unspecified atom stereocenters. The molecule has 7 rings (SSSR count). The molecule has 4 aromatic heterocycles. The van der Waals surface area contributed by atoms with Crippen molar-refractivity contribution in [1.29, 1.82) is 0 Å². The van der Waals surface area contributed by atoms with Crippen molar-refractivity contribution < 1.29 is 4.74 Å². The van der Waals surface area contributed by atoms with Crippen molar-refractivity contribution >= 4 is 27.8 Å². The van der Waals surface area contributed by atoms with Crippen LogP contribution in [0.2, 0.25) is 0 Å². The molecule has 9 heteroatoms. The fourth-order valence-electron chi connectivity index (χ4n) is 5.52. The summed E-state index contributed by atoms with van der Waals surface area (Å²) in [5.41, 5.74) is 6.65. The van der Waals surface area contributed by atoms with E-state index in [9.17, 15) is 0 Å². The number of hydrogen-bond acceptors (Lipinski definition) is 7. The molecule has 9 nitrogen and oxygen atoms in total. The van der Waals surface area contributed by atoms with Gasteiger partial charge in [0.15, 0.2) is 11.5 Å². The van der Waals surface area contributed by atoms with Gasteiger partial charge < -0.3 is 19.9 Å². The van der Waals surface area contributed by atoms with Crippen LogP contribution in [0.1, 0.15) is 32.1 Å². The SMILES string of the molecule is c1cc(N2CCCCC2)c2nc(-c3n[nH]c4ccc(-c5cncc(OC6CCNCC6)c5)cc34)[nH]c2n1. The van der Waals surface area contributed by atoms with Crippen molar-refractivity contribution in [3.05, 3.63) is 48.9 Å². The number of nitrogens with zero attached hydrogens (tertiary/aromatic N) is 5. The Bertz CT molecular complexity index is 1540.